The summed E-state index contributed by atoms with van der Waals surface area (Å²) in [5, 5.41) is 3.21. The molecule has 0 aliphatic rings. The Morgan fingerprint density at radius 3 is 2.62 bits per heavy atom. The first kappa shape index (κ1) is 12.6. The second-order valence-corrected chi connectivity index (χ2v) is 3.75. The monoisotopic (exact) mass is 241 g/mol. The first-order chi connectivity index (χ1) is 7.58. The normalized spacial score (nSPS) is 9.94. The maximum absolute atomic E-state index is 11.8. The molecule has 1 aromatic carbocycles. The number of nitrogens with one attached hydrogen (secondary N) is 1. The molecule has 2 amide bonds. The summed E-state index contributed by atoms with van der Waals surface area (Å²) >= 11 is 5.94. The number of carbonyl (C=O) groups is 1. The molecule has 0 spiro atoms. The average Bonchev–Trinajstić information content (AvgIpc) is 2.25. The fourth-order valence-corrected chi connectivity index (χ4v) is 1.51. The smallest absolute Gasteiger partial charge is 0.321 e. The first-order valence-corrected chi connectivity index (χ1v) is 5.57. The predicted molar refractivity (Wildman–Crippen MR) is 67.8 cm³/mol. The third-order valence-corrected chi connectivity index (χ3v) is 2.61. The molecule has 0 aliphatic carbocycles. The Labute approximate surface area is 100 Å². The van der Waals surface area contributed by atoms with E-state index in [0.29, 0.717) is 29.5 Å². The molecule has 0 unspecified atom stereocenters. The topological polar surface area (TPSA) is 58.4 Å². The standard InChI is InChI=1S/C11H16ClN3O/c1-3-15(4-2)11(16)14-10-7-8(13)5-6-9(10)12/h5-7H,3-4,13H2,1-2H3,(H,14,16). The van der Waals surface area contributed by atoms with E-state index in [9.17, 15) is 4.79 Å². The van der Waals surface area contributed by atoms with Crippen molar-refractivity contribution in [2.45, 2.75) is 13.8 Å². The third kappa shape index (κ3) is 3.03. The molecule has 0 bridgehead atoms. The van der Waals surface area contributed by atoms with Gasteiger partial charge in [0, 0.05) is 18.8 Å². The third-order valence-electron chi connectivity index (χ3n) is 2.28. The second-order valence-electron chi connectivity index (χ2n) is 3.34. The molecular formula is C11H16ClN3O. The number of nitrogen functional groups attached to an aromatic ring is 1. The van der Waals surface area contributed by atoms with Gasteiger partial charge in [-0.15, -0.1) is 0 Å². The molecule has 0 heterocycles. The van der Waals surface area contributed by atoms with Gasteiger partial charge in [0.25, 0.3) is 0 Å². The van der Waals surface area contributed by atoms with E-state index in [1.807, 2.05) is 13.8 Å². The van der Waals surface area contributed by atoms with Crippen molar-refractivity contribution < 1.29 is 4.79 Å². The number of hydrogen-bond donors (Lipinski definition) is 2. The zero-order valence-electron chi connectivity index (χ0n) is 9.46. The van der Waals surface area contributed by atoms with Crippen LogP contribution in [0.3, 0.4) is 0 Å². The van der Waals surface area contributed by atoms with Crippen molar-refractivity contribution in [3.8, 4) is 0 Å². The van der Waals surface area contributed by atoms with Gasteiger partial charge >= 0.3 is 6.03 Å². The Hall–Kier alpha value is -1.42. The van der Waals surface area contributed by atoms with Gasteiger partial charge in [-0.1, -0.05) is 11.6 Å². The number of anilines is 2. The van der Waals surface area contributed by atoms with Gasteiger partial charge in [0.2, 0.25) is 0 Å². The Kier molecular flexibility index (Phi) is 4.43. The quantitative estimate of drug-likeness (QED) is 0.800. The largest absolute Gasteiger partial charge is 0.399 e. The molecule has 88 valence electrons. The molecule has 0 aromatic heterocycles. The van der Waals surface area contributed by atoms with E-state index in [0.717, 1.165) is 0 Å². The maximum atomic E-state index is 11.8. The lowest BCUT2D eigenvalue weighted by molar-refractivity contribution is 0.217. The fraction of sp³-hybridized carbons (Fsp3) is 0.364. The number of amides is 2. The maximum Gasteiger partial charge on any atom is 0.321 e. The molecule has 1 aromatic rings. The van der Waals surface area contributed by atoms with Crippen molar-refractivity contribution in [1.82, 2.24) is 4.90 Å². The van der Waals surface area contributed by atoms with E-state index in [4.69, 9.17) is 17.3 Å². The van der Waals surface area contributed by atoms with Crippen molar-refractivity contribution in [3.05, 3.63) is 23.2 Å². The summed E-state index contributed by atoms with van der Waals surface area (Å²) in [6.45, 7) is 5.15. The molecule has 0 fully saturated rings. The highest BCUT2D eigenvalue weighted by Gasteiger charge is 2.11. The second kappa shape index (κ2) is 5.61. The lowest BCUT2D eigenvalue weighted by Crippen LogP contribution is -2.34. The van der Waals surface area contributed by atoms with E-state index in [1.54, 1.807) is 23.1 Å². The highest BCUT2D eigenvalue weighted by atomic mass is 35.5. The average molecular weight is 242 g/mol. The van der Waals surface area contributed by atoms with E-state index < -0.39 is 0 Å². The molecule has 3 N–H and O–H groups in total. The summed E-state index contributed by atoms with van der Waals surface area (Å²) in [5.41, 5.74) is 6.73. The SMILES string of the molecule is CCN(CC)C(=O)Nc1cc(N)ccc1Cl. The number of urea groups is 1. The molecule has 1 rings (SSSR count). The zero-order valence-corrected chi connectivity index (χ0v) is 10.2. The molecule has 0 radical (unpaired) electrons. The van der Waals surface area contributed by atoms with Crippen LogP contribution in [0.15, 0.2) is 18.2 Å². The van der Waals surface area contributed by atoms with Crippen LogP contribution >= 0.6 is 11.6 Å². The fourth-order valence-electron chi connectivity index (χ4n) is 1.34. The zero-order chi connectivity index (χ0) is 12.1. The van der Waals surface area contributed by atoms with Crippen LogP contribution in [-0.4, -0.2) is 24.0 Å². The number of hydrogen-bond acceptors (Lipinski definition) is 2. The van der Waals surface area contributed by atoms with Crippen LogP contribution in [0, 0.1) is 0 Å². The minimum atomic E-state index is -0.169. The summed E-state index contributed by atoms with van der Waals surface area (Å²) < 4.78 is 0. The van der Waals surface area contributed by atoms with Crippen LogP contribution in [0.5, 0.6) is 0 Å². The van der Waals surface area contributed by atoms with Gasteiger partial charge in [-0.05, 0) is 32.0 Å². The Balaban J connectivity index is 2.80. The van der Waals surface area contributed by atoms with Crippen LogP contribution < -0.4 is 11.1 Å². The van der Waals surface area contributed by atoms with Gasteiger partial charge in [-0.3, -0.25) is 0 Å². The number of benzene rings is 1. The highest BCUT2D eigenvalue weighted by Crippen LogP contribution is 2.24. The first-order valence-electron chi connectivity index (χ1n) is 5.19. The van der Waals surface area contributed by atoms with E-state index in [-0.39, 0.29) is 6.03 Å². The molecule has 0 atom stereocenters. The van der Waals surface area contributed by atoms with Crippen molar-refractivity contribution in [2.24, 2.45) is 0 Å². The van der Waals surface area contributed by atoms with Gasteiger partial charge in [0.15, 0.2) is 0 Å². The van der Waals surface area contributed by atoms with Crippen LogP contribution in [-0.2, 0) is 0 Å². The minimum absolute atomic E-state index is 0.169. The van der Waals surface area contributed by atoms with Crippen LogP contribution in [0.2, 0.25) is 5.02 Å². The van der Waals surface area contributed by atoms with Gasteiger partial charge in [-0.25, -0.2) is 4.79 Å². The molecule has 0 saturated heterocycles. The molecule has 0 saturated carbocycles. The summed E-state index contributed by atoms with van der Waals surface area (Å²) in [4.78, 5) is 13.4. The molecule has 0 aliphatic heterocycles. The van der Waals surface area contributed by atoms with Crippen molar-refractivity contribution in [1.29, 1.82) is 0 Å². The molecule has 5 heteroatoms. The highest BCUT2D eigenvalue weighted by molar-refractivity contribution is 6.33. The summed E-state index contributed by atoms with van der Waals surface area (Å²) in [6, 6.07) is 4.82. The van der Waals surface area contributed by atoms with Gasteiger partial charge in [-0.2, -0.15) is 0 Å². The Bertz CT molecular complexity index is 377. The summed E-state index contributed by atoms with van der Waals surface area (Å²) in [6.07, 6.45) is 0. The number of rotatable bonds is 3. The predicted octanol–water partition coefficient (Wildman–Crippen LogP) is 2.80. The van der Waals surface area contributed by atoms with Crippen LogP contribution in [0.1, 0.15) is 13.8 Å². The number of nitrogens with zero attached hydrogens (tertiary/aromatic N) is 1. The van der Waals surface area contributed by atoms with Gasteiger partial charge < -0.3 is 16.0 Å². The van der Waals surface area contributed by atoms with Crippen LogP contribution in [0.4, 0.5) is 16.2 Å². The Morgan fingerprint density at radius 2 is 2.06 bits per heavy atom. The molecule has 4 nitrogen and oxygen atoms in total. The minimum Gasteiger partial charge on any atom is -0.399 e. The molecule has 16 heavy (non-hydrogen) atoms. The van der Waals surface area contributed by atoms with Crippen LogP contribution in [0.25, 0.3) is 0 Å². The Morgan fingerprint density at radius 1 is 1.44 bits per heavy atom. The van der Waals surface area contributed by atoms with E-state index in [2.05, 4.69) is 5.32 Å². The van der Waals surface area contributed by atoms with Crippen molar-refractivity contribution in [3.63, 3.8) is 0 Å². The lowest BCUT2D eigenvalue weighted by atomic mass is 10.3. The van der Waals surface area contributed by atoms with E-state index in [1.165, 1.54) is 0 Å². The number of halogens is 1. The number of nitrogens with two attached hydrogens (primary N) is 1. The molecular weight excluding hydrogens is 226 g/mol. The van der Waals surface area contributed by atoms with E-state index >= 15 is 0 Å². The summed E-state index contributed by atoms with van der Waals surface area (Å²) in [5.74, 6) is 0. The van der Waals surface area contributed by atoms with Gasteiger partial charge in [0.05, 0.1) is 10.7 Å². The lowest BCUT2D eigenvalue weighted by Gasteiger charge is -2.19. The summed E-state index contributed by atoms with van der Waals surface area (Å²) in [7, 11) is 0. The van der Waals surface area contributed by atoms with Crippen molar-refractivity contribution >= 4 is 29.0 Å². The van der Waals surface area contributed by atoms with Crippen molar-refractivity contribution in [2.75, 3.05) is 24.1 Å². The van der Waals surface area contributed by atoms with Gasteiger partial charge in [0.1, 0.15) is 0 Å². The number of carbonyl (C=O) groups excluding carboxylic acids is 1.